The Kier molecular flexibility index (Phi) is 3.07. The molecule has 94 valence electrons. The van der Waals surface area contributed by atoms with Crippen LogP contribution in [0.25, 0.3) is 0 Å². The standard InChI is InChI=1S/C11H17N3O2S/c1-7-8(10(15)14(4)12-7)6-17-9-5-11(2,3)16-13-9/h12H,5-6H2,1-4H3. The summed E-state index contributed by atoms with van der Waals surface area (Å²) in [6, 6.07) is 0. The molecular formula is C11H17N3O2S. The van der Waals surface area contributed by atoms with Crippen LogP contribution in [-0.2, 0) is 17.6 Å². The lowest BCUT2D eigenvalue weighted by atomic mass is 10.1. The minimum atomic E-state index is -0.208. The van der Waals surface area contributed by atoms with Crippen molar-refractivity contribution in [2.24, 2.45) is 12.2 Å². The molecule has 0 saturated carbocycles. The number of thioether (sulfide) groups is 1. The summed E-state index contributed by atoms with van der Waals surface area (Å²) in [4.78, 5) is 17.1. The molecule has 17 heavy (non-hydrogen) atoms. The summed E-state index contributed by atoms with van der Waals surface area (Å²) in [7, 11) is 1.73. The van der Waals surface area contributed by atoms with Gasteiger partial charge in [-0.2, -0.15) is 0 Å². The maximum Gasteiger partial charge on any atom is 0.270 e. The van der Waals surface area contributed by atoms with Gasteiger partial charge in [-0.3, -0.25) is 14.6 Å². The van der Waals surface area contributed by atoms with E-state index in [4.69, 9.17) is 4.84 Å². The third-order valence-electron chi connectivity index (χ3n) is 2.71. The number of hydrogen-bond donors (Lipinski definition) is 1. The third kappa shape index (κ3) is 2.57. The largest absolute Gasteiger partial charge is 0.389 e. The molecule has 1 aromatic rings. The molecule has 1 aromatic heterocycles. The molecule has 0 atom stereocenters. The number of nitrogens with zero attached hydrogens (tertiary/aromatic N) is 2. The van der Waals surface area contributed by atoms with Crippen LogP contribution in [0.3, 0.4) is 0 Å². The Morgan fingerprint density at radius 1 is 1.59 bits per heavy atom. The molecule has 0 radical (unpaired) electrons. The van der Waals surface area contributed by atoms with Gasteiger partial charge in [0, 0.05) is 30.5 Å². The average molecular weight is 255 g/mol. The van der Waals surface area contributed by atoms with E-state index in [-0.39, 0.29) is 11.2 Å². The molecule has 0 aromatic carbocycles. The molecule has 0 spiro atoms. The Labute approximate surface area is 104 Å². The number of rotatable bonds is 2. The fraction of sp³-hybridized carbons (Fsp3) is 0.636. The number of oxime groups is 1. The van der Waals surface area contributed by atoms with Crippen molar-refractivity contribution >= 4 is 16.8 Å². The van der Waals surface area contributed by atoms with Gasteiger partial charge in [-0.1, -0.05) is 5.16 Å². The van der Waals surface area contributed by atoms with Gasteiger partial charge in [-0.15, -0.1) is 11.8 Å². The first-order valence-electron chi connectivity index (χ1n) is 5.51. The SMILES string of the molecule is Cc1[nH]n(C)c(=O)c1CSC1=NOC(C)(C)C1. The molecule has 0 bridgehead atoms. The number of H-pyrrole nitrogens is 1. The van der Waals surface area contributed by atoms with Gasteiger partial charge >= 0.3 is 0 Å². The van der Waals surface area contributed by atoms with Crippen molar-refractivity contribution in [2.45, 2.75) is 38.5 Å². The Morgan fingerprint density at radius 3 is 2.76 bits per heavy atom. The van der Waals surface area contributed by atoms with Crippen molar-refractivity contribution in [3.63, 3.8) is 0 Å². The molecule has 0 saturated heterocycles. The van der Waals surface area contributed by atoms with E-state index in [1.54, 1.807) is 18.8 Å². The Hall–Kier alpha value is -1.17. The minimum absolute atomic E-state index is 0.0359. The average Bonchev–Trinajstić information content (AvgIpc) is 2.68. The summed E-state index contributed by atoms with van der Waals surface area (Å²) in [6.45, 7) is 5.92. The van der Waals surface area contributed by atoms with Crippen molar-refractivity contribution in [1.29, 1.82) is 0 Å². The number of aryl methyl sites for hydroxylation is 2. The third-order valence-corrected chi connectivity index (χ3v) is 3.69. The van der Waals surface area contributed by atoms with Gasteiger partial charge in [0.1, 0.15) is 10.6 Å². The topological polar surface area (TPSA) is 59.4 Å². The second kappa shape index (κ2) is 4.25. The quantitative estimate of drug-likeness (QED) is 0.876. The molecule has 0 unspecified atom stereocenters. The van der Waals surface area contributed by atoms with Crippen molar-refractivity contribution in [3.05, 3.63) is 21.6 Å². The number of aromatic amines is 1. The highest BCUT2D eigenvalue weighted by atomic mass is 32.2. The van der Waals surface area contributed by atoms with E-state index in [1.807, 2.05) is 20.8 Å². The van der Waals surface area contributed by atoms with Crippen LogP contribution in [-0.4, -0.2) is 20.4 Å². The Bertz CT molecular complexity index is 513. The molecule has 0 aliphatic carbocycles. The lowest BCUT2D eigenvalue weighted by Gasteiger charge is -2.12. The monoisotopic (exact) mass is 255 g/mol. The summed E-state index contributed by atoms with van der Waals surface area (Å²) >= 11 is 1.57. The first-order valence-corrected chi connectivity index (χ1v) is 6.50. The smallest absolute Gasteiger partial charge is 0.270 e. The van der Waals surface area contributed by atoms with E-state index in [9.17, 15) is 4.79 Å². The summed E-state index contributed by atoms with van der Waals surface area (Å²) in [6.07, 6.45) is 0.807. The molecule has 1 N–H and O–H groups in total. The van der Waals surface area contributed by atoms with Crippen LogP contribution < -0.4 is 5.56 Å². The fourth-order valence-electron chi connectivity index (χ4n) is 1.74. The lowest BCUT2D eigenvalue weighted by Crippen LogP contribution is -2.18. The normalized spacial score (nSPS) is 18.0. The molecule has 0 amide bonds. The van der Waals surface area contributed by atoms with Crippen molar-refractivity contribution in [3.8, 4) is 0 Å². The van der Waals surface area contributed by atoms with Crippen LogP contribution in [0.5, 0.6) is 0 Å². The van der Waals surface area contributed by atoms with Gasteiger partial charge in [-0.25, -0.2) is 0 Å². The van der Waals surface area contributed by atoms with E-state index >= 15 is 0 Å². The van der Waals surface area contributed by atoms with Gasteiger partial charge in [-0.05, 0) is 20.8 Å². The van der Waals surface area contributed by atoms with Gasteiger partial charge < -0.3 is 4.84 Å². The van der Waals surface area contributed by atoms with E-state index in [2.05, 4.69) is 10.3 Å². The summed E-state index contributed by atoms with van der Waals surface area (Å²) in [5.41, 5.74) is 1.56. The van der Waals surface area contributed by atoms with Crippen LogP contribution in [0, 0.1) is 6.92 Å². The summed E-state index contributed by atoms with van der Waals surface area (Å²) in [5.74, 6) is 0.639. The molecule has 2 rings (SSSR count). The van der Waals surface area contributed by atoms with Crippen LogP contribution in [0.15, 0.2) is 9.95 Å². The minimum Gasteiger partial charge on any atom is -0.389 e. The molecule has 0 fully saturated rings. The number of aromatic nitrogens is 2. The van der Waals surface area contributed by atoms with Crippen molar-refractivity contribution in [1.82, 2.24) is 9.78 Å². The zero-order valence-corrected chi connectivity index (χ0v) is 11.3. The first kappa shape index (κ1) is 12.3. The summed E-state index contributed by atoms with van der Waals surface area (Å²) < 4.78 is 1.50. The van der Waals surface area contributed by atoms with E-state index in [0.717, 1.165) is 22.7 Å². The predicted molar refractivity (Wildman–Crippen MR) is 69.3 cm³/mol. The second-order valence-electron chi connectivity index (χ2n) is 4.88. The summed E-state index contributed by atoms with van der Waals surface area (Å²) in [5, 5.41) is 7.97. The molecule has 1 aliphatic rings. The molecule has 6 heteroatoms. The van der Waals surface area contributed by atoms with Crippen LogP contribution in [0.2, 0.25) is 0 Å². The van der Waals surface area contributed by atoms with Gasteiger partial charge in [0.15, 0.2) is 0 Å². The maximum atomic E-state index is 11.8. The molecular weight excluding hydrogens is 238 g/mol. The van der Waals surface area contributed by atoms with E-state index < -0.39 is 0 Å². The van der Waals surface area contributed by atoms with Crippen molar-refractivity contribution < 1.29 is 4.84 Å². The zero-order valence-electron chi connectivity index (χ0n) is 10.5. The highest BCUT2D eigenvalue weighted by Crippen LogP contribution is 2.28. The molecule has 2 heterocycles. The van der Waals surface area contributed by atoms with Crippen LogP contribution in [0.1, 0.15) is 31.5 Å². The first-order chi connectivity index (χ1) is 7.89. The van der Waals surface area contributed by atoms with E-state index in [0.29, 0.717) is 5.75 Å². The Balaban J connectivity index is 2.02. The molecule has 1 aliphatic heterocycles. The van der Waals surface area contributed by atoms with Gasteiger partial charge in [0.2, 0.25) is 0 Å². The molecule has 5 nitrogen and oxygen atoms in total. The van der Waals surface area contributed by atoms with E-state index in [1.165, 1.54) is 4.68 Å². The van der Waals surface area contributed by atoms with Gasteiger partial charge in [0.05, 0.1) is 0 Å². The fourth-order valence-corrected chi connectivity index (χ4v) is 2.93. The Morgan fingerprint density at radius 2 is 2.29 bits per heavy atom. The maximum absolute atomic E-state index is 11.8. The second-order valence-corrected chi connectivity index (χ2v) is 5.93. The number of hydrogen-bond acceptors (Lipinski definition) is 4. The highest BCUT2D eigenvalue weighted by Gasteiger charge is 2.29. The predicted octanol–water partition coefficient (Wildman–Crippen LogP) is 1.77. The zero-order chi connectivity index (χ0) is 12.6. The number of nitrogens with one attached hydrogen (secondary N) is 1. The lowest BCUT2D eigenvalue weighted by molar-refractivity contribution is 0.0123. The van der Waals surface area contributed by atoms with Crippen LogP contribution in [0.4, 0.5) is 0 Å². The highest BCUT2D eigenvalue weighted by molar-refractivity contribution is 8.13. The van der Waals surface area contributed by atoms with Crippen LogP contribution >= 0.6 is 11.8 Å². The van der Waals surface area contributed by atoms with Gasteiger partial charge in [0.25, 0.3) is 5.56 Å². The van der Waals surface area contributed by atoms with Crippen molar-refractivity contribution in [2.75, 3.05) is 0 Å².